The Morgan fingerprint density at radius 3 is 2.74 bits per heavy atom. The third kappa shape index (κ3) is 5.12. The Bertz CT molecular complexity index is 1190. The SMILES string of the molecule is CCOc1ccc(-c2cc(C(=O)N[C@H]3CCCN(C)C3)c(F)c(-c3ccc(N)c(F)n3)n2)cn1. The maximum absolute atomic E-state index is 15.6. The summed E-state index contributed by atoms with van der Waals surface area (Å²) in [6.07, 6.45) is 3.25. The van der Waals surface area contributed by atoms with Gasteiger partial charge in [-0.25, -0.2) is 19.3 Å². The summed E-state index contributed by atoms with van der Waals surface area (Å²) >= 11 is 0. The third-order valence-corrected chi connectivity index (χ3v) is 5.61. The zero-order valence-electron chi connectivity index (χ0n) is 19.0. The molecule has 0 bridgehead atoms. The van der Waals surface area contributed by atoms with E-state index in [1.165, 1.54) is 24.4 Å². The van der Waals surface area contributed by atoms with Crippen molar-refractivity contribution in [2.24, 2.45) is 0 Å². The van der Waals surface area contributed by atoms with Gasteiger partial charge in [0.2, 0.25) is 11.8 Å². The number of rotatable bonds is 6. The molecule has 8 nitrogen and oxygen atoms in total. The molecule has 0 radical (unpaired) electrons. The molecular weight excluding hydrogens is 442 g/mol. The summed E-state index contributed by atoms with van der Waals surface area (Å²) in [5.41, 5.74) is 5.64. The van der Waals surface area contributed by atoms with Gasteiger partial charge >= 0.3 is 0 Å². The highest BCUT2D eigenvalue weighted by molar-refractivity contribution is 5.97. The number of aromatic nitrogens is 3. The molecule has 1 atom stereocenters. The van der Waals surface area contributed by atoms with Crippen molar-refractivity contribution in [3.8, 4) is 28.5 Å². The zero-order chi connectivity index (χ0) is 24.2. The number of halogens is 2. The number of hydrogen-bond donors (Lipinski definition) is 2. The number of anilines is 1. The van der Waals surface area contributed by atoms with E-state index >= 15 is 4.39 Å². The van der Waals surface area contributed by atoms with Crippen LogP contribution in [0.3, 0.4) is 0 Å². The van der Waals surface area contributed by atoms with E-state index in [0.717, 1.165) is 19.4 Å². The van der Waals surface area contributed by atoms with E-state index in [1.807, 2.05) is 14.0 Å². The summed E-state index contributed by atoms with van der Waals surface area (Å²) in [5, 5.41) is 2.91. The molecule has 3 aromatic heterocycles. The molecule has 0 spiro atoms. The van der Waals surface area contributed by atoms with Crippen molar-refractivity contribution >= 4 is 11.6 Å². The molecule has 4 heterocycles. The monoisotopic (exact) mass is 468 g/mol. The first-order chi connectivity index (χ1) is 16.4. The van der Waals surface area contributed by atoms with Gasteiger partial charge in [-0.15, -0.1) is 0 Å². The van der Waals surface area contributed by atoms with E-state index in [0.29, 0.717) is 24.6 Å². The first-order valence-corrected chi connectivity index (χ1v) is 11.1. The van der Waals surface area contributed by atoms with Crippen LogP contribution in [0.2, 0.25) is 0 Å². The summed E-state index contributed by atoms with van der Waals surface area (Å²) in [4.78, 5) is 27.5. The minimum absolute atomic E-state index is 0.0728. The van der Waals surface area contributed by atoms with Gasteiger partial charge in [-0.3, -0.25) is 4.79 Å². The maximum atomic E-state index is 15.6. The van der Waals surface area contributed by atoms with E-state index < -0.39 is 17.7 Å². The van der Waals surface area contributed by atoms with Crippen molar-refractivity contribution in [3.05, 3.63) is 53.9 Å². The number of nitrogens with zero attached hydrogens (tertiary/aromatic N) is 4. The van der Waals surface area contributed by atoms with Crippen molar-refractivity contribution in [2.45, 2.75) is 25.8 Å². The largest absolute Gasteiger partial charge is 0.478 e. The molecule has 0 unspecified atom stereocenters. The van der Waals surface area contributed by atoms with E-state index in [4.69, 9.17) is 10.5 Å². The van der Waals surface area contributed by atoms with Gasteiger partial charge < -0.3 is 20.7 Å². The first kappa shape index (κ1) is 23.5. The number of likely N-dealkylation sites (tertiary alicyclic amines) is 1. The second kappa shape index (κ2) is 10.1. The average molecular weight is 469 g/mol. The number of likely N-dealkylation sites (N-methyl/N-ethyl adjacent to an activating group) is 1. The number of carbonyl (C=O) groups is 1. The van der Waals surface area contributed by atoms with Crippen LogP contribution in [0, 0.1) is 11.8 Å². The smallest absolute Gasteiger partial charge is 0.254 e. The predicted molar refractivity (Wildman–Crippen MR) is 124 cm³/mol. The van der Waals surface area contributed by atoms with E-state index in [-0.39, 0.29) is 34.4 Å². The average Bonchev–Trinajstić information content (AvgIpc) is 2.82. The van der Waals surface area contributed by atoms with Gasteiger partial charge in [-0.05, 0) is 57.6 Å². The lowest BCUT2D eigenvalue weighted by Crippen LogP contribution is -2.46. The zero-order valence-corrected chi connectivity index (χ0v) is 19.0. The standard InChI is InChI=1S/C24H26F2N6O2/c1-3-34-20-9-6-14(12-28-20)19-11-16(24(33)29-15-5-4-10-32(2)13-15)21(25)22(30-19)18-8-7-17(27)23(26)31-18/h6-9,11-12,15H,3-5,10,13,27H2,1-2H3,(H,29,33)/t15-/m0/s1. The molecule has 1 fully saturated rings. The molecule has 1 amide bonds. The molecule has 34 heavy (non-hydrogen) atoms. The van der Waals surface area contributed by atoms with Crippen LogP contribution in [0.25, 0.3) is 22.6 Å². The Kier molecular flexibility index (Phi) is 6.97. The number of nitrogen functional groups attached to an aromatic ring is 1. The van der Waals surface area contributed by atoms with Crippen LogP contribution in [0.15, 0.2) is 36.5 Å². The van der Waals surface area contributed by atoms with Crippen LogP contribution in [0.4, 0.5) is 14.5 Å². The van der Waals surface area contributed by atoms with Crippen molar-refractivity contribution < 1.29 is 18.3 Å². The summed E-state index contributed by atoms with van der Waals surface area (Å²) < 4.78 is 35.0. The normalized spacial score (nSPS) is 16.3. The molecule has 3 aromatic rings. The van der Waals surface area contributed by atoms with Crippen molar-refractivity contribution in [3.63, 3.8) is 0 Å². The number of amides is 1. The highest BCUT2D eigenvalue weighted by Gasteiger charge is 2.25. The molecule has 3 N–H and O–H groups in total. The van der Waals surface area contributed by atoms with Gasteiger partial charge in [0.25, 0.3) is 5.91 Å². The molecule has 178 valence electrons. The minimum atomic E-state index is -0.942. The van der Waals surface area contributed by atoms with Crippen LogP contribution in [-0.4, -0.2) is 58.5 Å². The van der Waals surface area contributed by atoms with Crippen LogP contribution in [0.5, 0.6) is 5.88 Å². The highest BCUT2D eigenvalue weighted by atomic mass is 19.1. The van der Waals surface area contributed by atoms with Crippen molar-refractivity contribution in [2.75, 3.05) is 32.5 Å². The van der Waals surface area contributed by atoms with Gasteiger partial charge in [0.05, 0.1) is 29.2 Å². The Morgan fingerprint density at radius 1 is 1.24 bits per heavy atom. The van der Waals surface area contributed by atoms with E-state index in [2.05, 4.69) is 25.2 Å². The topological polar surface area (TPSA) is 106 Å². The Balaban J connectivity index is 1.76. The first-order valence-electron chi connectivity index (χ1n) is 11.1. The molecule has 0 aliphatic carbocycles. The predicted octanol–water partition coefficient (Wildman–Crippen LogP) is 3.29. The number of ether oxygens (including phenoxy) is 1. The lowest BCUT2D eigenvalue weighted by molar-refractivity contribution is 0.0908. The van der Waals surface area contributed by atoms with Gasteiger partial charge in [0.1, 0.15) is 5.69 Å². The summed E-state index contributed by atoms with van der Waals surface area (Å²) in [6, 6.07) is 7.26. The van der Waals surface area contributed by atoms with Gasteiger partial charge in [-0.2, -0.15) is 4.39 Å². The van der Waals surface area contributed by atoms with Crippen LogP contribution >= 0.6 is 0 Å². The fourth-order valence-electron chi connectivity index (χ4n) is 3.90. The lowest BCUT2D eigenvalue weighted by Gasteiger charge is -2.30. The summed E-state index contributed by atoms with van der Waals surface area (Å²) in [7, 11) is 1.97. The van der Waals surface area contributed by atoms with Gasteiger partial charge in [-0.1, -0.05) is 0 Å². The number of nitrogens with two attached hydrogens (primary N) is 1. The Hall–Kier alpha value is -3.66. The van der Waals surface area contributed by atoms with Gasteiger partial charge in [0, 0.05) is 30.4 Å². The molecular formula is C24H26F2N6O2. The highest BCUT2D eigenvalue weighted by Crippen LogP contribution is 2.29. The lowest BCUT2D eigenvalue weighted by atomic mass is 10.0. The Morgan fingerprint density at radius 2 is 2.06 bits per heavy atom. The van der Waals surface area contributed by atoms with Crippen LogP contribution in [-0.2, 0) is 0 Å². The van der Waals surface area contributed by atoms with Gasteiger partial charge in [0.15, 0.2) is 5.82 Å². The van der Waals surface area contributed by atoms with Crippen molar-refractivity contribution in [1.29, 1.82) is 0 Å². The molecule has 10 heteroatoms. The van der Waals surface area contributed by atoms with Crippen LogP contribution in [0.1, 0.15) is 30.1 Å². The molecule has 0 aromatic carbocycles. The fourth-order valence-corrected chi connectivity index (χ4v) is 3.90. The second-order valence-electron chi connectivity index (χ2n) is 8.19. The quantitative estimate of drug-likeness (QED) is 0.535. The third-order valence-electron chi connectivity index (χ3n) is 5.61. The van der Waals surface area contributed by atoms with E-state index in [9.17, 15) is 9.18 Å². The number of hydrogen-bond acceptors (Lipinski definition) is 7. The number of nitrogens with one attached hydrogen (secondary N) is 1. The fraction of sp³-hybridized carbons (Fsp3) is 0.333. The van der Waals surface area contributed by atoms with E-state index in [1.54, 1.807) is 12.1 Å². The number of pyridine rings is 3. The molecule has 1 aliphatic heterocycles. The Labute approximate surface area is 196 Å². The molecule has 0 saturated carbocycles. The van der Waals surface area contributed by atoms with Crippen molar-refractivity contribution in [1.82, 2.24) is 25.2 Å². The number of carbonyl (C=O) groups excluding carboxylic acids is 1. The minimum Gasteiger partial charge on any atom is -0.478 e. The molecule has 1 saturated heterocycles. The second-order valence-corrected chi connectivity index (χ2v) is 8.19. The summed E-state index contributed by atoms with van der Waals surface area (Å²) in [6.45, 7) is 3.92. The maximum Gasteiger partial charge on any atom is 0.254 e. The summed E-state index contributed by atoms with van der Waals surface area (Å²) in [5.74, 6) is -1.98. The molecule has 4 rings (SSSR count). The van der Waals surface area contributed by atoms with Crippen LogP contribution < -0.4 is 15.8 Å². The molecule has 1 aliphatic rings. The number of piperidine rings is 1.